The molecule has 3 nitrogen and oxygen atoms in total. The van der Waals surface area contributed by atoms with Gasteiger partial charge in [0.25, 0.3) is 0 Å². The highest BCUT2D eigenvalue weighted by Gasteiger charge is 2.37. The number of aromatic amines is 1. The Bertz CT molecular complexity index is 489. The standard InChI is InChI=1S/C14H18N2O/c1-17-14-11-4-2-3-10-9-5-7-16(14)8-6-12(9)15-13(10)11/h2-3,11,14-15H,4-8H2,1H3. The number of nitrogens with zero attached hydrogens (tertiary/aromatic N) is 1. The zero-order valence-corrected chi connectivity index (χ0v) is 10.2. The van der Waals surface area contributed by atoms with Crippen LogP contribution in [-0.4, -0.2) is 36.3 Å². The number of allylic oxidation sites excluding steroid dienone is 1. The quantitative estimate of drug-likeness (QED) is 0.798. The molecule has 6 bridgehead atoms. The number of fused-ring (bicyclic) bond motifs is 2. The van der Waals surface area contributed by atoms with Gasteiger partial charge in [-0.25, -0.2) is 0 Å². The fourth-order valence-corrected chi connectivity index (χ4v) is 3.77. The summed E-state index contributed by atoms with van der Waals surface area (Å²) in [6, 6.07) is 0. The minimum absolute atomic E-state index is 0.249. The van der Waals surface area contributed by atoms with Crippen LogP contribution in [0.3, 0.4) is 0 Å². The molecular weight excluding hydrogens is 212 g/mol. The number of ether oxygens (including phenoxy) is 1. The summed E-state index contributed by atoms with van der Waals surface area (Å²) in [5.74, 6) is 0.494. The maximum Gasteiger partial charge on any atom is 0.118 e. The van der Waals surface area contributed by atoms with Crippen LogP contribution < -0.4 is 0 Å². The largest absolute Gasteiger partial charge is 0.366 e. The number of rotatable bonds is 1. The van der Waals surface area contributed by atoms with E-state index in [0.717, 1.165) is 32.4 Å². The van der Waals surface area contributed by atoms with Crippen molar-refractivity contribution in [2.24, 2.45) is 0 Å². The van der Waals surface area contributed by atoms with Crippen molar-refractivity contribution in [3.63, 3.8) is 0 Å². The molecule has 0 saturated carbocycles. The number of nitrogens with one attached hydrogen (secondary N) is 1. The molecule has 1 aliphatic carbocycles. The molecule has 17 heavy (non-hydrogen) atoms. The van der Waals surface area contributed by atoms with E-state index in [2.05, 4.69) is 22.0 Å². The van der Waals surface area contributed by atoms with Gasteiger partial charge in [-0.05, 0) is 24.0 Å². The van der Waals surface area contributed by atoms with E-state index in [4.69, 9.17) is 4.74 Å². The smallest absolute Gasteiger partial charge is 0.118 e. The Morgan fingerprint density at radius 3 is 3.12 bits per heavy atom. The fraction of sp³-hybridized carbons (Fsp3) is 0.571. The van der Waals surface area contributed by atoms with Crippen LogP contribution in [0, 0.1) is 0 Å². The summed E-state index contributed by atoms with van der Waals surface area (Å²) in [7, 11) is 1.85. The maximum absolute atomic E-state index is 5.79. The summed E-state index contributed by atoms with van der Waals surface area (Å²) in [5, 5.41) is 0. The first-order valence-corrected chi connectivity index (χ1v) is 6.55. The normalized spacial score (nSPS) is 33.6. The molecule has 1 aromatic heterocycles. The summed E-state index contributed by atoms with van der Waals surface area (Å²) in [6.07, 6.45) is 8.28. The van der Waals surface area contributed by atoms with Gasteiger partial charge in [0.2, 0.25) is 0 Å². The predicted molar refractivity (Wildman–Crippen MR) is 67.0 cm³/mol. The molecule has 4 heterocycles. The van der Waals surface area contributed by atoms with Gasteiger partial charge in [0.1, 0.15) is 6.23 Å². The van der Waals surface area contributed by atoms with Crippen LogP contribution in [-0.2, 0) is 17.6 Å². The molecule has 4 aliphatic rings. The molecule has 0 fully saturated rings. The molecule has 0 aromatic carbocycles. The molecule has 1 aromatic rings. The van der Waals surface area contributed by atoms with Crippen LogP contribution in [0.1, 0.15) is 34.9 Å². The van der Waals surface area contributed by atoms with Crippen molar-refractivity contribution >= 4 is 6.08 Å². The van der Waals surface area contributed by atoms with Gasteiger partial charge in [-0.3, -0.25) is 4.90 Å². The Kier molecular flexibility index (Phi) is 2.02. The molecule has 90 valence electrons. The third-order valence-electron chi connectivity index (χ3n) is 4.55. The second-order valence-corrected chi connectivity index (χ2v) is 5.32. The molecule has 0 radical (unpaired) electrons. The first-order chi connectivity index (χ1) is 8.38. The van der Waals surface area contributed by atoms with Crippen LogP contribution in [0.25, 0.3) is 6.08 Å². The Hall–Kier alpha value is -1.06. The summed E-state index contributed by atoms with van der Waals surface area (Å²) in [4.78, 5) is 6.21. The van der Waals surface area contributed by atoms with Gasteiger partial charge < -0.3 is 9.72 Å². The maximum atomic E-state index is 5.79. The van der Waals surface area contributed by atoms with Crippen LogP contribution in [0.15, 0.2) is 6.08 Å². The van der Waals surface area contributed by atoms with Crippen molar-refractivity contribution in [2.45, 2.75) is 31.4 Å². The molecule has 3 heteroatoms. The second-order valence-electron chi connectivity index (χ2n) is 5.32. The Balaban J connectivity index is 1.97. The van der Waals surface area contributed by atoms with Crippen LogP contribution in [0.4, 0.5) is 0 Å². The molecule has 3 aliphatic heterocycles. The van der Waals surface area contributed by atoms with Crippen LogP contribution in [0.2, 0.25) is 0 Å². The SMILES string of the molecule is COC1C2CC=Cc3c2[nH]c2c3CCN1CC2. The molecular formula is C14H18N2O. The topological polar surface area (TPSA) is 28.3 Å². The number of hydrogen-bond acceptors (Lipinski definition) is 2. The van der Waals surface area contributed by atoms with Gasteiger partial charge >= 0.3 is 0 Å². The van der Waals surface area contributed by atoms with E-state index < -0.39 is 0 Å². The van der Waals surface area contributed by atoms with Crippen molar-refractivity contribution in [2.75, 3.05) is 20.2 Å². The van der Waals surface area contributed by atoms with Gasteiger partial charge in [-0.15, -0.1) is 0 Å². The lowest BCUT2D eigenvalue weighted by Crippen LogP contribution is -2.44. The van der Waals surface area contributed by atoms with E-state index in [1.54, 1.807) is 5.56 Å². The summed E-state index contributed by atoms with van der Waals surface area (Å²) in [6.45, 7) is 2.27. The highest BCUT2D eigenvalue weighted by Crippen LogP contribution is 2.41. The third-order valence-corrected chi connectivity index (χ3v) is 4.55. The predicted octanol–water partition coefficient (Wildman–Crippen LogP) is 1.90. The van der Waals surface area contributed by atoms with Crippen molar-refractivity contribution in [3.8, 4) is 0 Å². The van der Waals surface area contributed by atoms with Crippen molar-refractivity contribution in [1.82, 2.24) is 9.88 Å². The Labute approximate surface area is 101 Å². The Morgan fingerprint density at radius 1 is 1.35 bits per heavy atom. The molecule has 3 atom stereocenters. The average Bonchev–Trinajstić information content (AvgIpc) is 2.61. The second kappa shape index (κ2) is 3.47. The van der Waals surface area contributed by atoms with Gasteiger partial charge in [0, 0.05) is 43.9 Å². The summed E-state index contributed by atoms with van der Waals surface area (Å²) >= 11 is 0. The average molecular weight is 230 g/mol. The lowest BCUT2D eigenvalue weighted by Gasteiger charge is -2.37. The minimum Gasteiger partial charge on any atom is -0.366 e. The number of hydrogen-bond donors (Lipinski definition) is 1. The van der Waals surface area contributed by atoms with Gasteiger partial charge in [0.05, 0.1) is 0 Å². The molecule has 5 rings (SSSR count). The van der Waals surface area contributed by atoms with E-state index >= 15 is 0 Å². The van der Waals surface area contributed by atoms with Crippen LogP contribution >= 0.6 is 0 Å². The van der Waals surface area contributed by atoms with Crippen molar-refractivity contribution in [1.29, 1.82) is 0 Å². The minimum atomic E-state index is 0.249. The number of aromatic nitrogens is 1. The van der Waals surface area contributed by atoms with E-state index in [1.807, 2.05) is 7.11 Å². The Morgan fingerprint density at radius 2 is 2.24 bits per heavy atom. The lowest BCUT2D eigenvalue weighted by molar-refractivity contribution is -0.0508. The van der Waals surface area contributed by atoms with E-state index in [9.17, 15) is 0 Å². The monoisotopic (exact) mass is 230 g/mol. The van der Waals surface area contributed by atoms with E-state index in [-0.39, 0.29) is 6.23 Å². The zero-order valence-electron chi connectivity index (χ0n) is 10.2. The van der Waals surface area contributed by atoms with Gasteiger partial charge in [-0.1, -0.05) is 12.2 Å². The first kappa shape index (κ1) is 9.92. The lowest BCUT2D eigenvalue weighted by atomic mass is 9.87. The number of H-pyrrole nitrogens is 1. The summed E-state index contributed by atoms with van der Waals surface area (Å²) < 4.78 is 5.79. The fourth-order valence-electron chi connectivity index (χ4n) is 3.77. The molecule has 0 spiro atoms. The van der Waals surface area contributed by atoms with E-state index in [0.29, 0.717) is 5.92 Å². The molecule has 1 N–H and O–H groups in total. The van der Waals surface area contributed by atoms with Gasteiger partial charge in [0.15, 0.2) is 0 Å². The molecule has 0 amide bonds. The van der Waals surface area contributed by atoms with Crippen LogP contribution in [0.5, 0.6) is 0 Å². The highest BCUT2D eigenvalue weighted by atomic mass is 16.5. The van der Waals surface area contributed by atoms with Crippen molar-refractivity contribution in [3.05, 3.63) is 28.6 Å². The van der Waals surface area contributed by atoms with Crippen molar-refractivity contribution < 1.29 is 4.74 Å². The first-order valence-electron chi connectivity index (χ1n) is 6.55. The molecule has 3 unspecified atom stereocenters. The third kappa shape index (κ3) is 1.24. The van der Waals surface area contributed by atoms with Gasteiger partial charge in [-0.2, -0.15) is 0 Å². The molecule has 0 saturated heterocycles. The highest BCUT2D eigenvalue weighted by molar-refractivity contribution is 5.63. The summed E-state index contributed by atoms with van der Waals surface area (Å²) in [5.41, 5.74) is 5.94. The zero-order chi connectivity index (χ0) is 11.4. The number of methoxy groups -OCH3 is 1. The van der Waals surface area contributed by atoms with E-state index in [1.165, 1.54) is 17.0 Å².